The van der Waals surface area contributed by atoms with Gasteiger partial charge in [0, 0.05) is 31.7 Å². The fraction of sp³-hybridized carbons (Fsp3) is 0.417. The van der Waals surface area contributed by atoms with E-state index in [1.165, 1.54) is 0 Å². The highest BCUT2D eigenvalue weighted by Gasteiger charge is 2.33. The zero-order valence-electron chi connectivity index (χ0n) is 10.5. The van der Waals surface area contributed by atoms with Crippen molar-refractivity contribution in [3.63, 3.8) is 0 Å². The van der Waals surface area contributed by atoms with Crippen LogP contribution < -0.4 is 0 Å². The molecule has 1 aliphatic heterocycles. The first-order valence-electron chi connectivity index (χ1n) is 5.98. The third-order valence-corrected chi connectivity index (χ3v) is 4.11. The zero-order valence-corrected chi connectivity index (χ0v) is 11.3. The highest BCUT2D eigenvalue weighted by molar-refractivity contribution is 7.09. The van der Waals surface area contributed by atoms with Gasteiger partial charge < -0.3 is 9.67 Å². The Morgan fingerprint density at radius 3 is 3.11 bits per heavy atom. The Labute approximate surface area is 114 Å². The van der Waals surface area contributed by atoms with E-state index in [0.29, 0.717) is 19.6 Å². The number of fused-ring (bicyclic) bond motifs is 1. The van der Waals surface area contributed by atoms with Crippen LogP contribution in [0.3, 0.4) is 0 Å². The predicted molar refractivity (Wildman–Crippen MR) is 69.8 cm³/mol. The highest BCUT2D eigenvalue weighted by Crippen LogP contribution is 2.28. The Bertz CT molecular complexity index is 593. The molecule has 0 bridgehead atoms. The molecule has 3 heterocycles. The van der Waals surface area contributed by atoms with E-state index in [0.717, 1.165) is 16.4 Å². The SMILES string of the molecule is Cn1cnc2c1[C@@H](C(=O)O)CN(Cc1nccs1)C2. The molecule has 1 aliphatic rings. The summed E-state index contributed by atoms with van der Waals surface area (Å²) in [5.41, 5.74) is 1.68. The maximum Gasteiger partial charge on any atom is 0.313 e. The Kier molecular flexibility index (Phi) is 3.08. The first-order chi connectivity index (χ1) is 9.15. The number of aliphatic carboxylic acids is 1. The van der Waals surface area contributed by atoms with E-state index >= 15 is 0 Å². The highest BCUT2D eigenvalue weighted by atomic mass is 32.1. The van der Waals surface area contributed by atoms with Crippen molar-refractivity contribution in [1.82, 2.24) is 19.4 Å². The van der Waals surface area contributed by atoms with Crippen molar-refractivity contribution in [2.45, 2.75) is 19.0 Å². The Morgan fingerprint density at radius 2 is 2.42 bits per heavy atom. The largest absolute Gasteiger partial charge is 0.481 e. The summed E-state index contributed by atoms with van der Waals surface area (Å²) >= 11 is 1.59. The number of carboxylic acid groups (broad SMARTS) is 1. The number of hydrogen-bond donors (Lipinski definition) is 1. The van der Waals surface area contributed by atoms with E-state index in [1.807, 2.05) is 17.0 Å². The van der Waals surface area contributed by atoms with Crippen molar-refractivity contribution in [1.29, 1.82) is 0 Å². The Morgan fingerprint density at radius 1 is 1.58 bits per heavy atom. The van der Waals surface area contributed by atoms with Crippen LogP contribution in [0.5, 0.6) is 0 Å². The number of hydrogen-bond acceptors (Lipinski definition) is 5. The average Bonchev–Trinajstić information content (AvgIpc) is 2.99. The molecule has 7 heteroatoms. The van der Waals surface area contributed by atoms with Crippen LogP contribution in [0.4, 0.5) is 0 Å². The first kappa shape index (κ1) is 12.3. The lowest BCUT2D eigenvalue weighted by Gasteiger charge is -2.30. The lowest BCUT2D eigenvalue weighted by molar-refractivity contribution is -0.139. The fourth-order valence-corrected chi connectivity index (χ4v) is 3.17. The number of thiazole rings is 1. The van der Waals surface area contributed by atoms with Crippen molar-refractivity contribution in [3.8, 4) is 0 Å². The molecular formula is C12H14N4O2S. The smallest absolute Gasteiger partial charge is 0.313 e. The van der Waals surface area contributed by atoms with Gasteiger partial charge in [-0.05, 0) is 0 Å². The van der Waals surface area contributed by atoms with Gasteiger partial charge in [-0.1, -0.05) is 0 Å². The molecule has 6 nitrogen and oxygen atoms in total. The molecule has 1 atom stereocenters. The molecule has 0 spiro atoms. The summed E-state index contributed by atoms with van der Waals surface area (Å²) in [6.07, 6.45) is 3.46. The number of rotatable bonds is 3. The van der Waals surface area contributed by atoms with Crippen molar-refractivity contribution in [2.24, 2.45) is 7.05 Å². The van der Waals surface area contributed by atoms with E-state index in [9.17, 15) is 9.90 Å². The lowest BCUT2D eigenvalue weighted by atomic mass is 9.98. The second-order valence-corrected chi connectivity index (χ2v) is 5.65. The molecule has 0 aromatic carbocycles. The minimum atomic E-state index is -0.798. The fourth-order valence-electron chi connectivity index (χ4n) is 2.52. The second-order valence-electron chi connectivity index (χ2n) is 4.67. The van der Waals surface area contributed by atoms with Gasteiger partial charge in [0.15, 0.2) is 0 Å². The van der Waals surface area contributed by atoms with Crippen LogP contribution in [0.2, 0.25) is 0 Å². The van der Waals surface area contributed by atoms with Crippen LogP contribution in [-0.4, -0.2) is 37.1 Å². The molecule has 0 saturated carbocycles. The summed E-state index contributed by atoms with van der Waals surface area (Å²) in [5.74, 6) is -1.31. The number of imidazole rings is 1. The number of aromatic nitrogens is 3. The molecule has 3 rings (SSSR count). The number of carboxylic acids is 1. The summed E-state index contributed by atoms with van der Waals surface area (Å²) < 4.78 is 1.81. The van der Waals surface area contributed by atoms with Crippen LogP contribution in [0.15, 0.2) is 17.9 Å². The van der Waals surface area contributed by atoms with Crippen LogP contribution in [0, 0.1) is 0 Å². The topological polar surface area (TPSA) is 71.2 Å². The zero-order chi connectivity index (χ0) is 13.4. The quantitative estimate of drug-likeness (QED) is 0.909. The summed E-state index contributed by atoms with van der Waals surface area (Å²) in [7, 11) is 1.85. The van der Waals surface area contributed by atoms with E-state index in [-0.39, 0.29) is 0 Å². The van der Waals surface area contributed by atoms with Gasteiger partial charge in [-0.2, -0.15) is 0 Å². The summed E-state index contributed by atoms with van der Waals surface area (Å²) in [5, 5.41) is 12.3. The van der Waals surface area contributed by atoms with Crippen LogP contribution >= 0.6 is 11.3 Å². The standard InChI is InChI=1S/C12H14N4O2S/c1-15-7-14-9-5-16(6-10-13-2-3-19-10)4-8(11(9)15)12(17)18/h2-3,7-8H,4-6H2,1H3,(H,17,18)/t8-/m0/s1. The van der Waals surface area contributed by atoms with Gasteiger partial charge in [0.1, 0.15) is 10.9 Å². The second kappa shape index (κ2) is 4.75. The molecule has 0 saturated heterocycles. The van der Waals surface area contributed by atoms with E-state index < -0.39 is 11.9 Å². The average molecular weight is 278 g/mol. The molecule has 2 aromatic rings. The van der Waals surface area contributed by atoms with Gasteiger partial charge in [0.05, 0.1) is 24.3 Å². The van der Waals surface area contributed by atoms with Crippen molar-refractivity contribution >= 4 is 17.3 Å². The maximum atomic E-state index is 11.4. The molecule has 0 amide bonds. The number of aryl methyl sites for hydroxylation is 1. The Hall–Kier alpha value is -1.73. The molecule has 19 heavy (non-hydrogen) atoms. The van der Waals surface area contributed by atoms with Gasteiger partial charge in [-0.25, -0.2) is 9.97 Å². The van der Waals surface area contributed by atoms with Crippen LogP contribution in [0.1, 0.15) is 22.3 Å². The molecule has 0 radical (unpaired) electrons. The third kappa shape index (κ3) is 2.26. The summed E-state index contributed by atoms with van der Waals surface area (Å²) in [6, 6.07) is 0. The van der Waals surface area contributed by atoms with Gasteiger partial charge in [-0.15, -0.1) is 11.3 Å². The molecule has 100 valence electrons. The van der Waals surface area contributed by atoms with Crippen molar-refractivity contribution < 1.29 is 9.90 Å². The van der Waals surface area contributed by atoms with E-state index in [1.54, 1.807) is 23.9 Å². The van der Waals surface area contributed by atoms with E-state index in [2.05, 4.69) is 14.9 Å². The van der Waals surface area contributed by atoms with Crippen molar-refractivity contribution in [2.75, 3.05) is 6.54 Å². The molecule has 1 N–H and O–H groups in total. The summed E-state index contributed by atoms with van der Waals surface area (Å²) in [4.78, 5) is 22.1. The molecule has 0 aliphatic carbocycles. The lowest BCUT2D eigenvalue weighted by Crippen LogP contribution is -2.37. The van der Waals surface area contributed by atoms with Gasteiger partial charge in [0.25, 0.3) is 0 Å². The maximum absolute atomic E-state index is 11.4. The predicted octanol–water partition coefficient (Wildman–Crippen LogP) is 1.06. The van der Waals surface area contributed by atoms with Gasteiger partial charge in [-0.3, -0.25) is 9.69 Å². The number of nitrogens with zero attached hydrogens (tertiary/aromatic N) is 4. The monoisotopic (exact) mass is 278 g/mol. The van der Waals surface area contributed by atoms with Crippen molar-refractivity contribution in [3.05, 3.63) is 34.3 Å². The molecule has 0 fully saturated rings. The Balaban J connectivity index is 1.86. The van der Waals surface area contributed by atoms with Gasteiger partial charge >= 0.3 is 5.97 Å². The van der Waals surface area contributed by atoms with Crippen LogP contribution in [-0.2, 0) is 24.9 Å². The van der Waals surface area contributed by atoms with Gasteiger partial charge in [0.2, 0.25) is 0 Å². The van der Waals surface area contributed by atoms with Crippen LogP contribution in [0.25, 0.3) is 0 Å². The third-order valence-electron chi connectivity index (χ3n) is 3.35. The molecule has 0 unspecified atom stereocenters. The molecule has 2 aromatic heterocycles. The molecular weight excluding hydrogens is 264 g/mol. The first-order valence-corrected chi connectivity index (χ1v) is 6.86. The normalized spacial score (nSPS) is 19.3. The minimum absolute atomic E-state index is 0.501. The number of carbonyl (C=O) groups is 1. The summed E-state index contributed by atoms with van der Waals surface area (Å²) in [6.45, 7) is 1.86. The minimum Gasteiger partial charge on any atom is -0.481 e. The van der Waals surface area contributed by atoms with E-state index in [4.69, 9.17) is 0 Å².